The molecule has 5 rings (SSSR count). The molecule has 1 atom stereocenters. The van der Waals surface area contributed by atoms with E-state index in [1.54, 1.807) is 28.6 Å². The molecular weight excluding hydrogens is 458 g/mol. The summed E-state index contributed by atoms with van der Waals surface area (Å²) in [6, 6.07) is 13.3. The molecule has 7 heteroatoms. The number of sulfonamides is 1. The van der Waals surface area contributed by atoms with E-state index in [2.05, 4.69) is 29.7 Å². The number of hydrogen-bond donors (Lipinski definition) is 0. The Hall–Kier alpha value is -2.64. The maximum atomic E-state index is 13.6. The van der Waals surface area contributed by atoms with Crippen LogP contribution in [0.2, 0.25) is 0 Å². The van der Waals surface area contributed by atoms with Gasteiger partial charge in [-0.2, -0.15) is 4.31 Å². The molecule has 35 heavy (non-hydrogen) atoms. The molecule has 0 saturated carbocycles. The van der Waals surface area contributed by atoms with Crippen molar-refractivity contribution in [3.8, 4) is 0 Å². The van der Waals surface area contributed by atoms with Crippen LogP contribution in [0.1, 0.15) is 72.8 Å². The first kappa shape index (κ1) is 24.1. The number of carbonyl (C=O) groups excluding carboxylic acids is 1. The van der Waals surface area contributed by atoms with Gasteiger partial charge in [-0.1, -0.05) is 25.5 Å². The Labute approximate surface area is 208 Å². The van der Waals surface area contributed by atoms with E-state index >= 15 is 0 Å². The third-order valence-corrected chi connectivity index (χ3v) is 9.39. The van der Waals surface area contributed by atoms with Gasteiger partial charge in [-0.05, 0) is 81.0 Å². The van der Waals surface area contributed by atoms with Crippen molar-refractivity contribution in [2.75, 3.05) is 19.6 Å². The van der Waals surface area contributed by atoms with Crippen molar-refractivity contribution in [1.82, 2.24) is 13.8 Å². The zero-order chi connectivity index (χ0) is 24.7. The fourth-order valence-electron chi connectivity index (χ4n) is 5.90. The Bertz CT molecular complexity index is 1350. The summed E-state index contributed by atoms with van der Waals surface area (Å²) >= 11 is 0. The van der Waals surface area contributed by atoms with E-state index in [0.717, 1.165) is 38.6 Å². The van der Waals surface area contributed by atoms with Crippen molar-refractivity contribution < 1.29 is 13.2 Å². The lowest BCUT2D eigenvalue weighted by Crippen LogP contribution is -2.43. The topological polar surface area (TPSA) is 62.6 Å². The number of aromatic nitrogens is 1. The molecule has 1 aliphatic heterocycles. The van der Waals surface area contributed by atoms with E-state index in [4.69, 9.17) is 0 Å². The van der Waals surface area contributed by atoms with Gasteiger partial charge in [-0.15, -0.1) is 0 Å². The predicted molar refractivity (Wildman–Crippen MR) is 139 cm³/mol. The average molecular weight is 494 g/mol. The summed E-state index contributed by atoms with van der Waals surface area (Å²) in [6.45, 7) is 8.55. The Morgan fingerprint density at radius 2 is 1.74 bits per heavy atom. The molecule has 1 unspecified atom stereocenters. The number of nitrogens with zero attached hydrogens (tertiary/aromatic N) is 3. The second-order valence-electron chi connectivity index (χ2n) is 9.87. The fraction of sp³-hybridized carbons (Fsp3) is 0.464. The Morgan fingerprint density at radius 1 is 1.03 bits per heavy atom. The number of fused-ring (bicyclic) bond motifs is 3. The molecule has 2 heterocycles. The molecule has 0 saturated heterocycles. The quantitative estimate of drug-likeness (QED) is 0.449. The Kier molecular flexibility index (Phi) is 6.49. The van der Waals surface area contributed by atoms with Crippen LogP contribution in [0.5, 0.6) is 0 Å². The smallest absolute Gasteiger partial charge is 0.254 e. The van der Waals surface area contributed by atoms with Crippen LogP contribution in [-0.2, 0) is 23.0 Å². The minimum Gasteiger partial charge on any atom is -0.341 e. The third kappa shape index (κ3) is 4.08. The summed E-state index contributed by atoms with van der Waals surface area (Å²) in [4.78, 5) is 15.9. The van der Waals surface area contributed by atoms with Gasteiger partial charge in [-0.25, -0.2) is 8.42 Å². The summed E-state index contributed by atoms with van der Waals surface area (Å²) in [6.07, 6.45) is 4.62. The standard InChI is InChI=1S/C28H35N3O3S/c1-4-15-29(16-5-2)35(33,34)22-12-10-21(11-13-22)28(32)31-18-17-30-25-14-9-20(3)19-24(25)23-7-6-8-26(31)27(23)30/h9-14,19,26H,4-8,15-18H2,1-3H3. The van der Waals surface area contributed by atoms with Gasteiger partial charge in [0.05, 0.1) is 10.9 Å². The van der Waals surface area contributed by atoms with E-state index in [0.29, 0.717) is 25.2 Å². The number of rotatable bonds is 7. The lowest BCUT2D eigenvalue weighted by molar-refractivity contribution is 0.0601. The highest BCUT2D eigenvalue weighted by atomic mass is 32.2. The number of hydrogen-bond acceptors (Lipinski definition) is 3. The number of amides is 1. The molecule has 0 radical (unpaired) electrons. The highest BCUT2D eigenvalue weighted by molar-refractivity contribution is 7.89. The van der Waals surface area contributed by atoms with Gasteiger partial charge in [0.1, 0.15) is 0 Å². The minimum absolute atomic E-state index is 0.0153. The highest BCUT2D eigenvalue weighted by Gasteiger charge is 2.37. The van der Waals surface area contributed by atoms with Gasteiger partial charge in [0.2, 0.25) is 10.0 Å². The summed E-state index contributed by atoms with van der Waals surface area (Å²) in [5.41, 5.74) is 5.78. The van der Waals surface area contributed by atoms with Crippen LogP contribution >= 0.6 is 0 Å². The van der Waals surface area contributed by atoms with E-state index in [-0.39, 0.29) is 16.8 Å². The maximum Gasteiger partial charge on any atom is 0.254 e. The molecule has 6 nitrogen and oxygen atoms in total. The van der Waals surface area contributed by atoms with Crippen LogP contribution in [0.3, 0.4) is 0 Å². The lowest BCUT2D eigenvalue weighted by Gasteiger charge is -2.40. The molecule has 0 N–H and O–H groups in total. The van der Waals surface area contributed by atoms with Crippen molar-refractivity contribution in [3.05, 3.63) is 64.8 Å². The first-order valence-electron chi connectivity index (χ1n) is 12.9. The first-order chi connectivity index (χ1) is 16.9. The van der Waals surface area contributed by atoms with Crippen molar-refractivity contribution in [3.63, 3.8) is 0 Å². The van der Waals surface area contributed by atoms with Crippen LogP contribution in [0.25, 0.3) is 10.9 Å². The lowest BCUT2D eigenvalue weighted by atomic mass is 9.89. The van der Waals surface area contributed by atoms with E-state index in [1.165, 1.54) is 27.7 Å². The van der Waals surface area contributed by atoms with Gasteiger partial charge < -0.3 is 9.47 Å². The van der Waals surface area contributed by atoms with Gasteiger partial charge in [0.15, 0.2) is 0 Å². The zero-order valence-corrected chi connectivity index (χ0v) is 21.8. The van der Waals surface area contributed by atoms with Crippen LogP contribution < -0.4 is 0 Å². The highest BCUT2D eigenvalue weighted by Crippen LogP contribution is 2.43. The third-order valence-electron chi connectivity index (χ3n) is 7.47. The molecular formula is C28H35N3O3S. The molecule has 1 aliphatic carbocycles. The van der Waals surface area contributed by atoms with Crippen molar-refractivity contribution >= 4 is 26.8 Å². The van der Waals surface area contributed by atoms with Gasteiger partial charge in [0, 0.05) is 48.3 Å². The first-order valence-corrected chi connectivity index (χ1v) is 14.3. The zero-order valence-electron chi connectivity index (χ0n) is 21.0. The Morgan fingerprint density at radius 3 is 2.43 bits per heavy atom. The number of carbonyl (C=O) groups is 1. The fourth-order valence-corrected chi connectivity index (χ4v) is 7.52. The largest absolute Gasteiger partial charge is 0.341 e. The second-order valence-corrected chi connectivity index (χ2v) is 11.8. The molecule has 186 valence electrons. The summed E-state index contributed by atoms with van der Waals surface area (Å²) in [5, 5.41) is 1.33. The van der Waals surface area contributed by atoms with Crippen LogP contribution in [0.4, 0.5) is 0 Å². The van der Waals surface area contributed by atoms with Crippen molar-refractivity contribution in [2.45, 2.75) is 70.4 Å². The molecule has 0 bridgehead atoms. The summed E-state index contributed by atoms with van der Waals surface area (Å²) in [5.74, 6) is -0.0153. The summed E-state index contributed by atoms with van der Waals surface area (Å²) < 4.78 is 30.2. The Balaban J connectivity index is 1.44. The SMILES string of the molecule is CCCN(CCC)S(=O)(=O)c1ccc(C(=O)N2CCn3c4c(c5cc(C)ccc53)CCCC42)cc1. The van der Waals surface area contributed by atoms with Crippen molar-refractivity contribution in [2.24, 2.45) is 0 Å². The molecule has 3 aromatic rings. The molecule has 1 amide bonds. The van der Waals surface area contributed by atoms with Gasteiger partial charge in [0.25, 0.3) is 5.91 Å². The van der Waals surface area contributed by atoms with Gasteiger partial charge in [-0.3, -0.25) is 4.79 Å². The van der Waals surface area contributed by atoms with Crippen LogP contribution in [0.15, 0.2) is 47.4 Å². The molecule has 0 spiro atoms. The monoisotopic (exact) mass is 493 g/mol. The van der Waals surface area contributed by atoms with E-state index in [1.807, 2.05) is 18.7 Å². The maximum absolute atomic E-state index is 13.6. The normalized spacial score (nSPS) is 17.7. The average Bonchev–Trinajstić information content (AvgIpc) is 3.18. The van der Waals surface area contributed by atoms with E-state index in [9.17, 15) is 13.2 Å². The molecule has 2 aliphatic rings. The van der Waals surface area contributed by atoms with E-state index < -0.39 is 10.0 Å². The van der Waals surface area contributed by atoms with Gasteiger partial charge >= 0.3 is 0 Å². The predicted octanol–water partition coefficient (Wildman–Crippen LogP) is 5.29. The second kappa shape index (κ2) is 9.43. The number of benzene rings is 2. The molecule has 1 aromatic heterocycles. The molecule has 0 fully saturated rings. The van der Waals surface area contributed by atoms with Crippen molar-refractivity contribution in [1.29, 1.82) is 0 Å². The summed E-state index contributed by atoms with van der Waals surface area (Å²) in [7, 11) is -3.56. The number of aryl methyl sites for hydroxylation is 2. The van der Waals surface area contributed by atoms with Crippen LogP contribution in [0, 0.1) is 6.92 Å². The molecule has 2 aromatic carbocycles. The van der Waals surface area contributed by atoms with Crippen LogP contribution in [-0.4, -0.2) is 47.7 Å². The minimum atomic E-state index is -3.56.